The molecule has 0 aromatic heterocycles. The van der Waals surface area contributed by atoms with Gasteiger partial charge < -0.3 is 15.5 Å². The van der Waals surface area contributed by atoms with Crippen molar-refractivity contribution in [3.05, 3.63) is 39.4 Å². The van der Waals surface area contributed by atoms with E-state index >= 15 is 0 Å². The number of rotatable bonds is 5. The van der Waals surface area contributed by atoms with E-state index in [2.05, 4.69) is 10.6 Å². The summed E-state index contributed by atoms with van der Waals surface area (Å²) in [5.74, 6) is 0.171. The van der Waals surface area contributed by atoms with Crippen LogP contribution in [0.2, 0.25) is 0 Å². The minimum atomic E-state index is -0.458. The Kier molecular flexibility index (Phi) is 7.77. The van der Waals surface area contributed by atoms with E-state index in [-0.39, 0.29) is 41.9 Å². The van der Waals surface area contributed by atoms with Crippen LogP contribution in [0.1, 0.15) is 41.6 Å². The topological polar surface area (TPSA) is 105 Å². The monoisotopic (exact) mass is 410 g/mol. The van der Waals surface area contributed by atoms with E-state index in [1.807, 2.05) is 0 Å². The van der Waals surface area contributed by atoms with Crippen LogP contribution in [0, 0.1) is 23.0 Å². The molecule has 1 aromatic rings. The van der Waals surface area contributed by atoms with Crippen LogP contribution in [0.5, 0.6) is 0 Å². The zero-order valence-corrected chi connectivity index (χ0v) is 16.8. The quantitative estimate of drug-likeness (QED) is 0.571. The van der Waals surface area contributed by atoms with E-state index in [9.17, 15) is 19.7 Å². The Hall–Kier alpha value is -2.19. The highest BCUT2D eigenvalue weighted by Crippen LogP contribution is 2.22. The van der Waals surface area contributed by atoms with Crippen LogP contribution in [-0.2, 0) is 4.79 Å². The van der Waals surface area contributed by atoms with E-state index < -0.39 is 4.92 Å². The van der Waals surface area contributed by atoms with Gasteiger partial charge in [0.15, 0.2) is 0 Å². The molecule has 2 aliphatic rings. The maximum Gasteiger partial charge on any atom is 0.269 e. The number of aryl methyl sites for hydroxylation is 1. The third-order valence-corrected chi connectivity index (χ3v) is 5.40. The van der Waals surface area contributed by atoms with Crippen molar-refractivity contribution in [1.82, 2.24) is 15.5 Å². The van der Waals surface area contributed by atoms with Crippen molar-refractivity contribution in [1.29, 1.82) is 0 Å². The van der Waals surface area contributed by atoms with Gasteiger partial charge in [0, 0.05) is 37.3 Å². The van der Waals surface area contributed by atoms with E-state index in [1.54, 1.807) is 11.8 Å². The molecule has 1 aromatic carbocycles. The molecule has 2 fully saturated rings. The number of carbonyl (C=O) groups excluding carboxylic acids is 2. The number of amides is 2. The molecular weight excluding hydrogens is 384 g/mol. The van der Waals surface area contributed by atoms with Gasteiger partial charge in [-0.2, -0.15) is 0 Å². The third kappa shape index (κ3) is 5.20. The predicted molar refractivity (Wildman–Crippen MR) is 108 cm³/mol. The first-order valence-corrected chi connectivity index (χ1v) is 9.51. The van der Waals surface area contributed by atoms with Gasteiger partial charge in [-0.1, -0.05) is 0 Å². The van der Waals surface area contributed by atoms with Crippen LogP contribution in [-0.4, -0.2) is 53.9 Å². The number of nitrogens with one attached hydrogen (secondary N) is 2. The van der Waals surface area contributed by atoms with Gasteiger partial charge in [0.25, 0.3) is 11.6 Å². The van der Waals surface area contributed by atoms with Crippen molar-refractivity contribution in [2.45, 2.75) is 38.6 Å². The van der Waals surface area contributed by atoms with E-state index in [1.165, 1.54) is 18.2 Å². The maximum atomic E-state index is 12.9. The number of hydrogen-bond acceptors (Lipinski definition) is 5. The summed E-state index contributed by atoms with van der Waals surface area (Å²) in [6, 6.07) is 4.25. The van der Waals surface area contributed by atoms with E-state index in [0.717, 1.165) is 32.2 Å². The molecule has 2 saturated heterocycles. The molecule has 0 radical (unpaired) electrons. The Morgan fingerprint density at radius 3 is 2.75 bits per heavy atom. The first-order valence-electron chi connectivity index (χ1n) is 9.51. The number of non-ortho nitro benzene ring substituents is 1. The van der Waals surface area contributed by atoms with Gasteiger partial charge in [-0.05, 0) is 56.7 Å². The number of nitro benzene ring substituents is 1. The van der Waals surface area contributed by atoms with Crippen molar-refractivity contribution in [2.24, 2.45) is 5.92 Å². The molecule has 2 heterocycles. The second-order valence-electron chi connectivity index (χ2n) is 7.41. The zero-order chi connectivity index (χ0) is 19.4. The van der Waals surface area contributed by atoms with Crippen LogP contribution in [0.25, 0.3) is 0 Å². The number of likely N-dealkylation sites (tertiary alicyclic amines) is 1. The molecule has 3 rings (SSSR count). The number of piperidine rings is 1. The number of benzene rings is 1. The minimum Gasteiger partial charge on any atom is -0.354 e. The standard InChI is InChI=1S/C19H26N4O4.ClH/c1-13-10-15(23(26)27)6-7-16(13)19(25)22-9-3-4-14(12-22)11-21-18(24)17-5-2-8-20-17;/h6-7,10,14,17,20H,2-5,8-9,11-12H2,1H3,(H,21,24);1H. The molecule has 0 bridgehead atoms. The lowest BCUT2D eigenvalue weighted by Gasteiger charge is -2.33. The van der Waals surface area contributed by atoms with Gasteiger partial charge in [-0.15, -0.1) is 12.4 Å². The van der Waals surface area contributed by atoms with Gasteiger partial charge in [0.05, 0.1) is 11.0 Å². The molecule has 0 aliphatic carbocycles. The van der Waals surface area contributed by atoms with Crippen molar-refractivity contribution in [3.63, 3.8) is 0 Å². The van der Waals surface area contributed by atoms with Gasteiger partial charge in [0.1, 0.15) is 0 Å². The lowest BCUT2D eigenvalue weighted by atomic mass is 9.96. The average molecular weight is 411 g/mol. The Bertz CT molecular complexity index is 737. The van der Waals surface area contributed by atoms with E-state index in [4.69, 9.17) is 0 Å². The molecular formula is C19H27ClN4O4. The SMILES string of the molecule is Cc1cc([N+](=O)[O-])ccc1C(=O)N1CCCC(CNC(=O)C2CCCN2)C1.Cl. The largest absolute Gasteiger partial charge is 0.354 e. The summed E-state index contributed by atoms with van der Waals surface area (Å²) in [5.41, 5.74) is 1.10. The Morgan fingerprint density at radius 2 is 2.11 bits per heavy atom. The summed E-state index contributed by atoms with van der Waals surface area (Å²) in [6.45, 7) is 4.44. The fourth-order valence-electron chi connectivity index (χ4n) is 3.86. The number of halogens is 1. The number of carbonyl (C=O) groups is 2. The molecule has 0 spiro atoms. The fraction of sp³-hybridized carbons (Fsp3) is 0.579. The molecule has 0 saturated carbocycles. The van der Waals surface area contributed by atoms with Crippen LogP contribution >= 0.6 is 12.4 Å². The first kappa shape index (κ1) is 22.1. The average Bonchev–Trinajstić information content (AvgIpc) is 3.20. The van der Waals surface area contributed by atoms with Gasteiger partial charge in [-0.3, -0.25) is 19.7 Å². The molecule has 154 valence electrons. The number of nitrogens with zero attached hydrogens (tertiary/aromatic N) is 2. The Morgan fingerprint density at radius 1 is 1.32 bits per heavy atom. The van der Waals surface area contributed by atoms with Crippen LogP contribution < -0.4 is 10.6 Å². The molecule has 9 heteroatoms. The summed E-state index contributed by atoms with van der Waals surface area (Å²) >= 11 is 0. The minimum absolute atomic E-state index is 0. The molecule has 2 atom stereocenters. The highest BCUT2D eigenvalue weighted by atomic mass is 35.5. The highest BCUT2D eigenvalue weighted by Gasteiger charge is 2.27. The molecule has 2 amide bonds. The van der Waals surface area contributed by atoms with Crippen LogP contribution in [0.4, 0.5) is 5.69 Å². The van der Waals surface area contributed by atoms with Crippen LogP contribution in [0.3, 0.4) is 0 Å². The van der Waals surface area contributed by atoms with E-state index in [0.29, 0.717) is 30.8 Å². The van der Waals surface area contributed by atoms with Crippen molar-refractivity contribution >= 4 is 29.9 Å². The normalized spacial score (nSPS) is 21.7. The number of nitro groups is 1. The molecule has 28 heavy (non-hydrogen) atoms. The molecule has 2 N–H and O–H groups in total. The third-order valence-electron chi connectivity index (χ3n) is 5.40. The summed E-state index contributed by atoms with van der Waals surface area (Å²) in [7, 11) is 0. The van der Waals surface area contributed by atoms with Crippen molar-refractivity contribution in [2.75, 3.05) is 26.2 Å². The fourth-order valence-corrected chi connectivity index (χ4v) is 3.86. The molecule has 2 aliphatic heterocycles. The second-order valence-corrected chi connectivity index (χ2v) is 7.41. The smallest absolute Gasteiger partial charge is 0.269 e. The summed E-state index contributed by atoms with van der Waals surface area (Å²) in [6.07, 6.45) is 3.76. The summed E-state index contributed by atoms with van der Waals surface area (Å²) in [4.78, 5) is 37.2. The molecule has 8 nitrogen and oxygen atoms in total. The Labute approximate surface area is 170 Å². The van der Waals surface area contributed by atoms with Gasteiger partial charge >= 0.3 is 0 Å². The number of hydrogen-bond donors (Lipinski definition) is 2. The Balaban J connectivity index is 0.00000280. The lowest BCUT2D eigenvalue weighted by Crippen LogP contribution is -2.46. The second kappa shape index (κ2) is 9.84. The highest BCUT2D eigenvalue weighted by molar-refractivity contribution is 5.96. The maximum absolute atomic E-state index is 12.9. The predicted octanol–water partition coefficient (Wildman–Crippen LogP) is 2.05. The van der Waals surface area contributed by atoms with Gasteiger partial charge in [0.2, 0.25) is 5.91 Å². The van der Waals surface area contributed by atoms with Crippen molar-refractivity contribution < 1.29 is 14.5 Å². The summed E-state index contributed by atoms with van der Waals surface area (Å²) in [5, 5.41) is 17.1. The van der Waals surface area contributed by atoms with Crippen molar-refractivity contribution in [3.8, 4) is 0 Å². The zero-order valence-electron chi connectivity index (χ0n) is 16.0. The van der Waals surface area contributed by atoms with Crippen LogP contribution in [0.15, 0.2) is 18.2 Å². The molecule has 2 unspecified atom stereocenters. The van der Waals surface area contributed by atoms with Gasteiger partial charge in [-0.25, -0.2) is 0 Å². The lowest BCUT2D eigenvalue weighted by molar-refractivity contribution is -0.384. The summed E-state index contributed by atoms with van der Waals surface area (Å²) < 4.78 is 0. The first-order chi connectivity index (χ1) is 13.0.